The van der Waals surface area contributed by atoms with Crippen LogP contribution in [0.1, 0.15) is 23.0 Å². The van der Waals surface area contributed by atoms with Gasteiger partial charge >= 0.3 is 5.97 Å². The van der Waals surface area contributed by atoms with Crippen LogP contribution in [0.4, 0.5) is 5.82 Å². The molecule has 0 aliphatic heterocycles. The van der Waals surface area contributed by atoms with Gasteiger partial charge in [0.15, 0.2) is 5.82 Å². The minimum Gasteiger partial charge on any atom is -0.477 e. The highest BCUT2D eigenvalue weighted by molar-refractivity contribution is 6.33. The van der Waals surface area contributed by atoms with Crippen molar-refractivity contribution in [1.82, 2.24) is 29.3 Å². The van der Waals surface area contributed by atoms with Gasteiger partial charge in [0.2, 0.25) is 5.91 Å². The second-order valence-electron chi connectivity index (χ2n) is 5.45. The number of carbonyl (C=O) groups excluding carboxylic acids is 1. The zero-order chi connectivity index (χ0) is 18.7. The van der Waals surface area contributed by atoms with E-state index in [4.69, 9.17) is 16.7 Å². The summed E-state index contributed by atoms with van der Waals surface area (Å²) in [7, 11) is 0. The van der Waals surface area contributed by atoms with E-state index in [1.165, 1.54) is 12.3 Å². The van der Waals surface area contributed by atoms with Crippen molar-refractivity contribution < 1.29 is 14.7 Å². The summed E-state index contributed by atoms with van der Waals surface area (Å²) in [4.78, 5) is 23.2. The van der Waals surface area contributed by atoms with Crippen LogP contribution >= 0.6 is 11.6 Å². The molecule has 3 aromatic heterocycles. The number of halogens is 1. The summed E-state index contributed by atoms with van der Waals surface area (Å²) in [5.74, 6) is -1.45. The van der Waals surface area contributed by atoms with Gasteiger partial charge in [-0.25, -0.2) is 9.48 Å². The molecule has 0 unspecified atom stereocenters. The summed E-state index contributed by atoms with van der Waals surface area (Å²) in [6.07, 6.45) is 6.55. The highest BCUT2D eigenvalue weighted by atomic mass is 35.5. The lowest BCUT2D eigenvalue weighted by atomic mass is 10.4. The predicted octanol–water partition coefficient (Wildman–Crippen LogP) is 1.33. The molecule has 2 N–H and O–H groups in total. The van der Waals surface area contributed by atoms with Crippen LogP contribution in [0.25, 0.3) is 0 Å². The molecule has 3 rings (SSSR count). The topological polar surface area (TPSA) is 120 Å². The van der Waals surface area contributed by atoms with E-state index >= 15 is 0 Å². The standard InChI is InChI=1S/C15H16ClN7O3/c1-2-21-6-10(5-18-21)7-22-8-11(16)14(20-22)19-13(24)9-23-12(15(25)26)3-4-17-23/h3-6,8H,2,7,9H2,1H3,(H,25,26)(H,19,20,24). The van der Waals surface area contributed by atoms with Crippen molar-refractivity contribution in [2.75, 3.05) is 5.32 Å². The Morgan fingerprint density at radius 2 is 2.08 bits per heavy atom. The quantitative estimate of drug-likeness (QED) is 0.641. The van der Waals surface area contributed by atoms with E-state index in [-0.39, 0.29) is 23.1 Å². The largest absolute Gasteiger partial charge is 0.477 e. The fraction of sp³-hybridized carbons (Fsp3) is 0.267. The number of nitrogens with zero attached hydrogens (tertiary/aromatic N) is 6. The number of rotatable bonds is 7. The van der Waals surface area contributed by atoms with Gasteiger partial charge in [-0.15, -0.1) is 0 Å². The molecular weight excluding hydrogens is 362 g/mol. The normalized spacial score (nSPS) is 10.8. The van der Waals surface area contributed by atoms with Gasteiger partial charge in [-0.3, -0.25) is 14.2 Å². The third-order valence-electron chi connectivity index (χ3n) is 3.56. The second-order valence-corrected chi connectivity index (χ2v) is 5.86. The lowest BCUT2D eigenvalue weighted by Gasteiger charge is -2.05. The van der Waals surface area contributed by atoms with Crippen LogP contribution in [0, 0.1) is 0 Å². The number of amides is 1. The second kappa shape index (κ2) is 7.40. The maximum absolute atomic E-state index is 12.1. The number of aromatic nitrogens is 6. The minimum absolute atomic E-state index is 0.0790. The van der Waals surface area contributed by atoms with Crippen molar-refractivity contribution in [2.45, 2.75) is 26.6 Å². The van der Waals surface area contributed by atoms with E-state index in [2.05, 4.69) is 20.6 Å². The number of aromatic carboxylic acids is 1. The lowest BCUT2D eigenvalue weighted by molar-refractivity contribution is -0.116. The molecule has 26 heavy (non-hydrogen) atoms. The van der Waals surface area contributed by atoms with Gasteiger partial charge in [0.1, 0.15) is 17.3 Å². The average Bonchev–Trinajstić information content (AvgIpc) is 3.29. The van der Waals surface area contributed by atoms with Gasteiger partial charge in [-0.1, -0.05) is 11.6 Å². The van der Waals surface area contributed by atoms with Gasteiger partial charge in [-0.05, 0) is 13.0 Å². The van der Waals surface area contributed by atoms with E-state index in [0.29, 0.717) is 6.54 Å². The number of aryl methyl sites for hydroxylation is 1. The van der Waals surface area contributed by atoms with Crippen molar-refractivity contribution in [2.24, 2.45) is 0 Å². The van der Waals surface area contributed by atoms with Crippen LogP contribution in [0.5, 0.6) is 0 Å². The van der Waals surface area contributed by atoms with Gasteiger partial charge < -0.3 is 10.4 Å². The zero-order valence-electron chi connectivity index (χ0n) is 13.8. The van der Waals surface area contributed by atoms with Crippen molar-refractivity contribution in [3.8, 4) is 0 Å². The molecule has 11 heteroatoms. The molecule has 0 bridgehead atoms. The molecular formula is C15H16ClN7O3. The third-order valence-corrected chi connectivity index (χ3v) is 3.84. The first-order valence-electron chi connectivity index (χ1n) is 7.75. The van der Waals surface area contributed by atoms with E-state index in [1.54, 1.807) is 21.8 Å². The Bertz CT molecular complexity index is 943. The fourth-order valence-corrected chi connectivity index (χ4v) is 2.56. The van der Waals surface area contributed by atoms with Crippen LogP contribution in [0.15, 0.2) is 30.9 Å². The number of anilines is 1. The Kier molecular flexibility index (Phi) is 5.03. The SMILES string of the molecule is CCn1cc(Cn2cc(Cl)c(NC(=O)Cn3nccc3C(=O)O)n2)cn1. The summed E-state index contributed by atoms with van der Waals surface area (Å²) in [6.45, 7) is 2.95. The maximum atomic E-state index is 12.1. The molecule has 0 aromatic carbocycles. The van der Waals surface area contributed by atoms with E-state index < -0.39 is 11.9 Å². The minimum atomic E-state index is -1.16. The number of nitrogens with one attached hydrogen (secondary N) is 1. The van der Waals surface area contributed by atoms with Gasteiger partial charge in [0, 0.05) is 30.7 Å². The first-order valence-corrected chi connectivity index (χ1v) is 8.13. The molecule has 0 aliphatic rings. The Labute approximate surface area is 153 Å². The molecule has 0 aliphatic carbocycles. The zero-order valence-corrected chi connectivity index (χ0v) is 14.6. The smallest absolute Gasteiger partial charge is 0.354 e. The van der Waals surface area contributed by atoms with E-state index in [1.807, 2.05) is 13.1 Å². The highest BCUT2D eigenvalue weighted by Gasteiger charge is 2.16. The molecule has 3 aromatic rings. The summed E-state index contributed by atoms with van der Waals surface area (Å²) >= 11 is 6.12. The molecule has 1 amide bonds. The highest BCUT2D eigenvalue weighted by Crippen LogP contribution is 2.20. The van der Waals surface area contributed by atoms with Crippen molar-refractivity contribution in [1.29, 1.82) is 0 Å². The summed E-state index contributed by atoms with van der Waals surface area (Å²) < 4.78 is 4.47. The predicted molar refractivity (Wildman–Crippen MR) is 92.1 cm³/mol. The Morgan fingerprint density at radius 1 is 1.27 bits per heavy atom. The van der Waals surface area contributed by atoms with Gasteiger partial charge in [0.05, 0.1) is 12.7 Å². The molecule has 0 atom stereocenters. The van der Waals surface area contributed by atoms with Crippen LogP contribution in [0.3, 0.4) is 0 Å². The monoisotopic (exact) mass is 377 g/mol. The molecule has 0 saturated carbocycles. The van der Waals surface area contributed by atoms with Crippen LogP contribution in [-0.4, -0.2) is 46.3 Å². The molecule has 3 heterocycles. The molecule has 10 nitrogen and oxygen atoms in total. The Balaban J connectivity index is 1.66. The number of hydrogen-bond donors (Lipinski definition) is 2. The van der Waals surface area contributed by atoms with Crippen LogP contribution in [0.2, 0.25) is 5.02 Å². The molecule has 0 spiro atoms. The molecule has 0 fully saturated rings. The molecule has 0 radical (unpaired) electrons. The first kappa shape index (κ1) is 17.7. The Hall–Kier alpha value is -3.14. The lowest BCUT2D eigenvalue weighted by Crippen LogP contribution is -2.22. The Morgan fingerprint density at radius 3 is 2.77 bits per heavy atom. The maximum Gasteiger partial charge on any atom is 0.354 e. The van der Waals surface area contributed by atoms with E-state index in [0.717, 1.165) is 16.8 Å². The van der Waals surface area contributed by atoms with Crippen molar-refractivity contribution in [3.63, 3.8) is 0 Å². The summed E-state index contributed by atoms with van der Waals surface area (Å²) in [5.41, 5.74) is 0.872. The summed E-state index contributed by atoms with van der Waals surface area (Å²) in [5, 5.41) is 24.1. The molecule has 136 valence electrons. The van der Waals surface area contributed by atoms with Gasteiger partial charge in [-0.2, -0.15) is 15.3 Å². The first-order chi connectivity index (χ1) is 12.5. The summed E-state index contributed by atoms with van der Waals surface area (Å²) in [6, 6.07) is 1.31. The third kappa shape index (κ3) is 3.91. The molecule has 0 saturated heterocycles. The van der Waals surface area contributed by atoms with Crippen molar-refractivity contribution >= 4 is 29.3 Å². The van der Waals surface area contributed by atoms with Crippen LogP contribution in [-0.2, 0) is 24.4 Å². The number of hydrogen-bond acceptors (Lipinski definition) is 5. The van der Waals surface area contributed by atoms with E-state index in [9.17, 15) is 9.59 Å². The number of carboxylic acid groups (broad SMARTS) is 1. The average molecular weight is 378 g/mol. The number of carbonyl (C=O) groups is 2. The van der Waals surface area contributed by atoms with Crippen molar-refractivity contribution in [3.05, 3.63) is 47.1 Å². The van der Waals surface area contributed by atoms with Gasteiger partial charge in [0.25, 0.3) is 0 Å². The fourth-order valence-electron chi connectivity index (χ4n) is 2.36. The number of carboxylic acids is 1. The van der Waals surface area contributed by atoms with Crippen LogP contribution < -0.4 is 5.32 Å².